The third-order valence-electron chi connectivity index (χ3n) is 3.47. The molecule has 2 atom stereocenters. The van der Waals surface area contributed by atoms with Gasteiger partial charge in [0.2, 0.25) is 5.91 Å². The molecular weight excluding hydrogens is 226 g/mol. The highest BCUT2D eigenvalue weighted by Gasteiger charge is 2.26. The Morgan fingerprint density at radius 1 is 1.39 bits per heavy atom. The monoisotopic (exact) mass is 247 g/mol. The van der Waals surface area contributed by atoms with Crippen LogP contribution in [-0.2, 0) is 4.79 Å². The first kappa shape index (κ1) is 13.1. The van der Waals surface area contributed by atoms with Crippen LogP contribution in [0.25, 0.3) is 0 Å². The number of hydrogen-bond acceptors (Lipinski definition) is 3. The topological polar surface area (TPSA) is 72.4 Å². The number of benzene rings is 1. The zero-order valence-electron chi connectivity index (χ0n) is 10.8. The van der Waals surface area contributed by atoms with E-state index in [1.807, 2.05) is 31.2 Å². The molecule has 1 saturated heterocycles. The molecule has 18 heavy (non-hydrogen) atoms. The van der Waals surface area contributed by atoms with Crippen LogP contribution in [0.3, 0.4) is 0 Å². The molecule has 4 heteroatoms. The van der Waals surface area contributed by atoms with E-state index in [1.54, 1.807) is 4.90 Å². The van der Waals surface area contributed by atoms with E-state index in [0.717, 1.165) is 24.9 Å². The Balaban J connectivity index is 2.06. The molecule has 1 amide bonds. The first-order valence-corrected chi connectivity index (χ1v) is 6.44. The predicted molar refractivity (Wildman–Crippen MR) is 71.9 cm³/mol. The van der Waals surface area contributed by atoms with Crippen LogP contribution in [0.4, 0.5) is 0 Å². The van der Waals surface area contributed by atoms with Crippen LogP contribution in [0.2, 0.25) is 0 Å². The molecule has 1 aromatic rings. The molecule has 0 radical (unpaired) electrons. The van der Waals surface area contributed by atoms with Crippen LogP contribution in [0.5, 0.6) is 0 Å². The lowest BCUT2D eigenvalue weighted by atomic mass is 10.0. The van der Waals surface area contributed by atoms with Crippen LogP contribution in [0.1, 0.15) is 30.0 Å². The molecule has 0 saturated carbocycles. The van der Waals surface area contributed by atoms with Gasteiger partial charge in [-0.3, -0.25) is 4.79 Å². The van der Waals surface area contributed by atoms with Crippen LogP contribution in [0.15, 0.2) is 24.3 Å². The maximum absolute atomic E-state index is 12.3. The molecule has 2 rings (SSSR count). The molecule has 1 heterocycles. The summed E-state index contributed by atoms with van der Waals surface area (Å²) in [6.07, 6.45) is 1.96. The molecule has 1 aliphatic heterocycles. The van der Waals surface area contributed by atoms with E-state index >= 15 is 0 Å². The summed E-state index contributed by atoms with van der Waals surface area (Å²) in [4.78, 5) is 14.1. The number of carbonyl (C=O) groups excluding carboxylic acids is 1. The van der Waals surface area contributed by atoms with Crippen molar-refractivity contribution in [3.8, 4) is 0 Å². The molecule has 98 valence electrons. The smallest absolute Gasteiger partial charge is 0.244 e. The van der Waals surface area contributed by atoms with Crippen molar-refractivity contribution in [2.45, 2.75) is 31.8 Å². The summed E-state index contributed by atoms with van der Waals surface area (Å²) in [6.45, 7) is 3.41. The Morgan fingerprint density at radius 3 is 2.67 bits per heavy atom. The minimum atomic E-state index is -0.573. The third kappa shape index (κ3) is 2.89. The Labute approximate surface area is 108 Å². The van der Waals surface area contributed by atoms with Crippen LogP contribution < -0.4 is 11.5 Å². The molecular formula is C14H21N3O. The van der Waals surface area contributed by atoms with Gasteiger partial charge in [0.15, 0.2) is 0 Å². The molecule has 1 aliphatic rings. The number of piperidine rings is 1. The summed E-state index contributed by atoms with van der Waals surface area (Å²) in [7, 11) is 0. The van der Waals surface area contributed by atoms with Crippen molar-refractivity contribution in [3.05, 3.63) is 35.4 Å². The zero-order valence-corrected chi connectivity index (χ0v) is 10.8. The number of amides is 1. The highest BCUT2D eigenvalue weighted by molar-refractivity contribution is 5.83. The molecule has 0 spiro atoms. The average molecular weight is 247 g/mol. The quantitative estimate of drug-likeness (QED) is 0.817. The molecule has 0 aliphatic carbocycles. The van der Waals surface area contributed by atoms with Gasteiger partial charge in [-0.2, -0.15) is 0 Å². The van der Waals surface area contributed by atoms with Crippen molar-refractivity contribution in [2.75, 3.05) is 13.1 Å². The van der Waals surface area contributed by atoms with Crippen LogP contribution in [-0.4, -0.2) is 29.9 Å². The van der Waals surface area contributed by atoms with E-state index in [1.165, 1.54) is 5.56 Å². The van der Waals surface area contributed by atoms with Gasteiger partial charge in [0, 0.05) is 19.1 Å². The van der Waals surface area contributed by atoms with E-state index in [9.17, 15) is 4.79 Å². The highest BCUT2D eigenvalue weighted by Crippen LogP contribution is 2.17. The van der Waals surface area contributed by atoms with Crippen molar-refractivity contribution < 1.29 is 4.79 Å². The fraction of sp³-hybridized carbons (Fsp3) is 0.500. The van der Waals surface area contributed by atoms with Gasteiger partial charge in [-0.05, 0) is 25.3 Å². The van der Waals surface area contributed by atoms with Gasteiger partial charge in [-0.25, -0.2) is 0 Å². The number of nitrogens with two attached hydrogens (primary N) is 2. The molecule has 1 aromatic carbocycles. The van der Waals surface area contributed by atoms with Crippen molar-refractivity contribution in [3.63, 3.8) is 0 Å². The first-order chi connectivity index (χ1) is 8.58. The largest absolute Gasteiger partial charge is 0.339 e. The van der Waals surface area contributed by atoms with Gasteiger partial charge in [0.1, 0.15) is 6.04 Å². The van der Waals surface area contributed by atoms with E-state index in [2.05, 4.69) is 0 Å². The Bertz CT molecular complexity index is 416. The van der Waals surface area contributed by atoms with Gasteiger partial charge in [-0.15, -0.1) is 0 Å². The summed E-state index contributed by atoms with van der Waals surface area (Å²) >= 11 is 0. The molecule has 2 unspecified atom stereocenters. The van der Waals surface area contributed by atoms with Gasteiger partial charge in [0.05, 0.1) is 0 Å². The summed E-state index contributed by atoms with van der Waals surface area (Å²) in [5.41, 5.74) is 14.0. The average Bonchev–Trinajstić information content (AvgIpc) is 2.38. The summed E-state index contributed by atoms with van der Waals surface area (Å²) in [5, 5.41) is 0. The molecule has 4 nitrogen and oxygen atoms in total. The second kappa shape index (κ2) is 5.50. The van der Waals surface area contributed by atoms with Gasteiger partial charge < -0.3 is 16.4 Å². The lowest BCUT2D eigenvalue weighted by Crippen LogP contribution is -2.48. The number of nitrogens with zero attached hydrogens (tertiary/aromatic N) is 1. The van der Waals surface area contributed by atoms with E-state index in [4.69, 9.17) is 11.5 Å². The van der Waals surface area contributed by atoms with E-state index in [0.29, 0.717) is 6.54 Å². The lowest BCUT2D eigenvalue weighted by Gasteiger charge is -2.32. The minimum absolute atomic E-state index is 0.0194. The Morgan fingerprint density at radius 2 is 2.06 bits per heavy atom. The van der Waals surface area contributed by atoms with Crippen molar-refractivity contribution >= 4 is 5.91 Å². The second-order valence-corrected chi connectivity index (χ2v) is 5.07. The normalized spacial score (nSPS) is 21.7. The summed E-state index contributed by atoms with van der Waals surface area (Å²) in [5.74, 6) is -0.0194. The number of rotatable bonds is 2. The Kier molecular flexibility index (Phi) is 3.99. The van der Waals surface area contributed by atoms with Gasteiger partial charge in [-0.1, -0.05) is 29.8 Å². The third-order valence-corrected chi connectivity index (χ3v) is 3.47. The lowest BCUT2D eigenvalue weighted by molar-refractivity contribution is -0.133. The highest BCUT2D eigenvalue weighted by atomic mass is 16.2. The standard InChI is InChI=1S/C14H21N3O/c1-10-4-6-11(7-5-10)13(16)14(18)17-8-2-3-12(15)9-17/h4-7,12-13H,2-3,8-9,15-16H2,1H3. The predicted octanol–water partition coefficient (Wildman–Crippen LogP) is 0.945. The number of likely N-dealkylation sites (tertiary alicyclic amines) is 1. The molecule has 0 bridgehead atoms. The van der Waals surface area contributed by atoms with Crippen molar-refractivity contribution in [1.29, 1.82) is 0 Å². The van der Waals surface area contributed by atoms with Gasteiger partial charge in [0.25, 0.3) is 0 Å². The maximum atomic E-state index is 12.3. The fourth-order valence-corrected chi connectivity index (χ4v) is 2.32. The number of carbonyl (C=O) groups is 1. The first-order valence-electron chi connectivity index (χ1n) is 6.44. The molecule has 4 N–H and O–H groups in total. The number of aryl methyl sites for hydroxylation is 1. The fourth-order valence-electron chi connectivity index (χ4n) is 2.32. The van der Waals surface area contributed by atoms with E-state index < -0.39 is 6.04 Å². The van der Waals surface area contributed by atoms with E-state index in [-0.39, 0.29) is 11.9 Å². The summed E-state index contributed by atoms with van der Waals surface area (Å²) in [6, 6.07) is 7.31. The molecule has 1 fully saturated rings. The Hall–Kier alpha value is -1.39. The SMILES string of the molecule is Cc1ccc(C(N)C(=O)N2CCCC(N)C2)cc1. The summed E-state index contributed by atoms with van der Waals surface area (Å²) < 4.78 is 0. The van der Waals surface area contributed by atoms with Crippen molar-refractivity contribution in [2.24, 2.45) is 11.5 Å². The van der Waals surface area contributed by atoms with Crippen LogP contribution in [0, 0.1) is 6.92 Å². The molecule has 0 aromatic heterocycles. The zero-order chi connectivity index (χ0) is 13.1. The minimum Gasteiger partial charge on any atom is -0.339 e. The van der Waals surface area contributed by atoms with Crippen molar-refractivity contribution in [1.82, 2.24) is 4.90 Å². The number of hydrogen-bond donors (Lipinski definition) is 2. The van der Waals surface area contributed by atoms with Crippen LogP contribution >= 0.6 is 0 Å². The maximum Gasteiger partial charge on any atom is 0.244 e. The second-order valence-electron chi connectivity index (χ2n) is 5.07. The van der Waals surface area contributed by atoms with Gasteiger partial charge >= 0.3 is 0 Å².